The first-order valence-corrected chi connectivity index (χ1v) is 7.63. The summed E-state index contributed by atoms with van der Waals surface area (Å²) in [6.45, 7) is 0.825. The average Bonchev–Trinajstić information content (AvgIpc) is 2.39. The van der Waals surface area contributed by atoms with Gasteiger partial charge >= 0.3 is 0 Å². The maximum atomic E-state index is 6.35. The number of rotatable bonds is 4. The summed E-state index contributed by atoms with van der Waals surface area (Å²) in [6, 6.07) is 6.47. The fraction of sp³-hybridized carbons (Fsp3) is 0.571. The Bertz CT molecular complexity index is 399. The van der Waals surface area contributed by atoms with Gasteiger partial charge in [-0.05, 0) is 36.6 Å². The third-order valence-electron chi connectivity index (χ3n) is 3.49. The molecule has 4 heteroatoms. The minimum absolute atomic E-state index is 0.267. The molecule has 0 aromatic heterocycles. The van der Waals surface area contributed by atoms with Crippen molar-refractivity contribution in [2.45, 2.75) is 43.6 Å². The minimum atomic E-state index is 0.267. The van der Waals surface area contributed by atoms with Gasteiger partial charge in [0, 0.05) is 22.4 Å². The summed E-state index contributed by atoms with van der Waals surface area (Å²) < 4.78 is 6.36. The van der Waals surface area contributed by atoms with E-state index >= 15 is 0 Å². The van der Waals surface area contributed by atoms with Crippen LogP contribution in [0.3, 0.4) is 0 Å². The molecule has 0 radical (unpaired) electrons. The lowest BCUT2D eigenvalue weighted by molar-refractivity contribution is 0.377. The highest BCUT2D eigenvalue weighted by Crippen LogP contribution is 2.25. The van der Waals surface area contributed by atoms with Crippen molar-refractivity contribution in [3.8, 4) is 5.75 Å². The summed E-state index contributed by atoms with van der Waals surface area (Å²) in [6.07, 6.45) is 4.84. The molecule has 1 aliphatic rings. The van der Waals surface area contributed by atoms with E-state index in [1.54, 1.807) is 7.11 Å². The molecule has 2 nitrogen and oxygen atoms in total. The average molecular weight is 333 g/mol. The molecule has 1 fully saturated rings. The summed E-state index contributed by atoms with van der Waals surface area (Å²) in [5.41, 5.74) is 1.21. The molecule has 1 aliphatic carbocycles. The fourth-order valence-corrected chi connectivity index (χ4v) is 3.13. The monoisotopic (exact) mass is 331 g/mol. The van der Waals surface area contributed by atoms with Gasteiger partial charge in [0.05, 0.1) is 7.11 Å². The number of halogens is 2. The SMILES string of the molecule is COc1ccc(Br)c(CNC2CCCCC2Cl)c1. The largest absolute Gasteiger partial charge is 0.497 e. The van der Waals surface area contributed by atoms with Gasteiger partial charge in [0.1, 0.15) is 5.75 Å². The highest BCUT2D eigenvalue weighted by Gasteiger charge is 2.22. The Morgan fingerprint density at radius 1 is 1.39 bits per heavy atom. The number of alkyl halides is 1. The van der Waals surface area contributed by atoms with Gasteiger partial charge in [-0.1, -0.05) is 28.8 Å². The molecule has 1 N–H and O–H groups in total. The van der Waals surface area contributed by atoms with Gasteiger partial charge in [-0.3, -0.25) is 0 Å². The van der Waals surface area contributed by atoms with Crippen LogP contribution in [0.5, 0.6) is 5.75 Å². The molecule has 1 saturated carbocycles. The van der Waals surface area contributed by atoms with Crippen LogP contribution in [0.2, 0.25) is 0 Å². The molecule has 18 heavy (non-hydrogen) atoms. The maximum Gasteiger partial charge on any atom is 0.119 e. The normalized spacial score (nSPS) is 23.9. The lowest BCUT2D eigenvalue weighted by Crippen LogP contribution is -2.38. The van der Waals surface area contributed by atoms with Gasteiger partial charge in [0.15, 0.2) is 0 Å². The van der Waals surface area contributed by atoms with Crippen molar-refractivity contribution in [3.05, 3.63) is 28.2 Å². The molecule has 0 bridgehead atoms. The Morgan fingerprint density at radius 3 is 2.89 bits per heavy atom. The zero-order valence-corrected chi connectivity index (χ0v) is 12.9. The summed E-state index contributed by atoms with van der Waals surface area (Å²) in [4.78, 5) is 0. The molecule has 0 aliphatic heterocycles. The Balaban J connectivity index is 1.96. The molecule has 1 aromatic carbocycles. The quantitative estimate of drug-likeness (QED) is 0.838. The molecule has 0 spiro atoms. The second-order valence-corrected chi connectivity index (χ2v) is 6.16. The van der Waals surface area contributed by atoms with Crippen molar-refractivity contribution in [1.82, 2.24) is 5.32 Å². The van der Waals surface area contributed by atoms with Crippen LogP contribution in [0.1, 0.15) is 31.2 Å². The number of nitrogens with one attached hydrogen (secondary N) is 1. The molecule has 2 atom stereocenters. The van der Waals surface area contributed by atoms with Crippen LogP contribution in [-0.2, 0) is 6.54 Å². The zero-order valence-electron chi connectivity index (χ0n) is 10.6. The van der Waals surface area contributed by atoms with Crippen molar-refractivity contribution in [1.29, 1.82) is 0 Å². The van der Waals surface area contributed by atoms with Crippen LogP contribution in [0.4, 0.5) is 0 Å². The summed E-state index contributed by atoms with van der Waals surface area (Å²) in [5.74, 6) is 0.890. The van der Waals surface area contributed by atoms with E-state index in [1.165, 1.54) is 24.8 Å². The predicted molar refractivity (Wildman–Crippen MR) is 79.4 cm³/mol. The lowest BCUT2D eigenvalue weighted by atomic mass is 9.95. The van der Waals surface area contributed by atoms with E-state index in [-0.39, 0.29) is 5.38 Å². The van der Waals surface area contributed by atoms with Crippen LogP contribution < -0.4 is 10.1 Å². The van der Waals surface area contributed by atoms with E-state index in [2.05, 4.69) is 27.3 Å². The van der Waals surface area contributed by atoms with Crippen LogP contribution >= 0.6 is 27.5 Å². The standard InChI is InChI=1S/C14H19BrClNO/c1-18-11-6-7-12(15)10(8-11)9-17-14-5-3-2-4-13(14)16/h6-8,13-14,17H,2-5,9H2,1H3. The molecule has 0 amide bonds. The van der Waals surface area contributed by atoms with Crippen LogP contribution in [0.25, 0.3) is 0 Å². The first-order chi connectivity index (χ1) is 8.70. The number of benzene rings is 1. The summed E-state index contributed by atoms with van der Waals surface area (Å²) in [7, 11) is 1.69. The highest BCUT2D eigenvalue weighted by atomic mass is 79.9. The highest BCUT2D eigenvalue weighted by molar-refractivity contribution is 9.10. The van der Waals surface area contributed by atoms with Gasteiger partial charge in [-0.15, -0.1) is 11.6 Å². The maximum absolute atomic E-state index is 6.35. The third kappa shape index (κ3) is 3.62. The van der Waals surface area contributed by atoms with Crippen molar-refractivity contribution >= 4 is 27.5 Å². The fourth-order valence-electron chi connectivity index (χ4n) is 2.37. The van der Waals surface area contributed by atoms with E-state index in [1.807, 2.05) is 12.1 Å². The van der Waals surface area contributed by atoms with Gasteiger partial charge < -0.3 is 10.1 Å². The number of hydrogen-bond acceptors (Lipinski definition) is 2. The summed E-state index contributed by atoms with van der Waals surface area (Å²) in [5, 5.41) is 3.83. The van der Waals surface area contributed by atoms with E-state index in [9.17, 15) is 0 Å². The smallest absolute Gasteiger partial charge is 0.119 e. The molecule has 100 valence electrons. The topological polar surface area (TPSA) is 21.3 Å². The van der Waals surface area contributed by atoms with E-state index < -0.39 is 0 Å². The van der Waals surface area contributed by atoms with E-state index in [4.69, 9.17) is 16.3 Å². The first-order valence-electron chi connectivity index (χ1n) is 6.40. The molecule has 2 rings (SSSR count). The molecule has 0 heterocycles. The lowest BCUT2D eigenvalue weighted by Gasteiger charge is -2.28. The van der Waals surface area contributed by atoms with Gasteiger partial charge in [0.2, 0.25) is 0 Å². The number of hydrogen-bond donors (Lipinski definition) is 1. The molecule has 1 aromatic rings. The Morgan fingerprint density at radius 2 is 2.17 bits per heavy atom. The van der Waals surface area contributed by atoms with Crippen molar-refractivity contribution < 1.29 is 4.74 Å². The summed E-state index contributed by atoms with van der Waals surface area (Å²) >= 11 is 9.92. The first kappa shape index (κ1) is 14.2. The molecule has 2 unspecified atom stereocenters. The molecule has 0 saturated heterocycles. The Kier molecular flexibility index (Phi) is 5.34. The number of ether oxygens (including phenoxy) is 1. The van der Waals surface area contributed by atoms with Gasteiger partial charge in [-0.25, -0.2) is 0 Å². The van der Waals surface area contributed by atoms with Gasteiger partial charge in [0.25, 0.3) is 0 Å². The third-order valence-corrected chi connectivity index (χ3v) is 4.79. The van der Waals surface area contributed by atoms with Crippen LogP contribution in [0, 0.1) is 0 Å². The zero-order chi connectivity index (χ0) is 13.0. The Labute approximate surface area is 122 Å². The second kappa shape index (κ2) is 6.78. The van der Waals surface area contributed by atoms with Crippen molar-refractivity contribution in [2.24, 2.45) is 0 Å². The predicted octanol–water partition coefficient (Wildman–Crippen LogP) is 4.10. The van der Waals surface area contributed by atoms with Crippen LogP contribution in [-0.4, -0.2) is 18.5 Å². The molecular weight excluding hydrogens is 314 g/mol. The van der Waals surface area contributed by atoms with Crippen molar-refractivity contribution in [3.63, 3.8) is 0 Å². The van der Waals surface area contributed by atoms with Gasteiger partial charge in [-0.2, -0.15) is 0 Å². The number of methoxy groups -OCH3 is 1. The van der Waals surface area contributed by atoms with Crippen molar-refractivity contribution in [2.75, 3.05) is 7.11 Å². The van der Waals surface area contributed by atoms with E-state index in [0.29, 0.717) is 6.04 Å². The minimum Gasteiger partial charge on any atom is -0.497 e. The Hall–Kier alpha value is -0.250. The van der Waals surface area contributed by atoms with E-state index in [0.717, 1.165) is 23.2 Å². The van der Waals surface area contributed by atoms with Crippen LogP contribution in [0.15, 0.2) is 22.7 Å². The second-order valence-electron chi connectivity index (χ2n) is 4.75. The molecular formula is C14H19BrClNO.